The molecular weight excluding hydrogens is 318 g/mol. The Balaban J connectivity index is 1.86. The van der Waals surface area contributed by atoms with Gasteiger partial charge < -0.3 is 0 Å². The van der Waals surface area contributed by atoms with Crippen LogP contribution in [0, 0.1) is 0 Å². The number of fused-ring (bicyclic) bond motifs is 6. The highest BCUT2D eigenvalue weighted by Crippen LogP contribution is 2.35. The minimum Gasteiger partial charge on any atom is -0.222 e. The molecule has 0 saturated carbocycles. The number of anilines is 2. The number of aromatic nitrogens is 2. The van der Waals surface area contributed by atoms with Crippen LogP contribution in [0.2, 0.25) is 5.02 Å². The van der Waals surface area contributed by atoms with Crippen LogP contribution in [0.3, 0.4) is 0 Å². The van der Waals surface area contributed by atoms with Gasteiger partial charge in [-0.15, -0.1) is 0 Å². The Kier molecular flexibility index (Phi) is 2.97. The lowest BCUT2D eigenvalue weighted by molar-refractivity contribution is -0.643. The van der Waals surface area contributed by atoms with E-state index in [-0.39, 0.29) is 0 Å². The molecule has 0 saturated heterocycles. The standard InChI is InChI=1S/C20H15ClN3/c21-14-9-10-19(22-13-14)24-12-11-23-18-8-4-3-6-16(18)15-5-1-2-7-17(15)20(23)24/h1-10,13H,11-12H2/q+1. The van der Waals surface area contributed by atoms with Crippen molar-refractivity contribution in [3.8, 4) is 0 Å². The summed E-state index contributed by atoms with van der Waals surface area (Å²) in [5, 5.41) is 4.49. The zero-order valence-corrected chi connectivity index (χ0v) is 13.7. The lowest BCUT2D eigenvalue weighted by atomic mass is 10.1. The van der Waals surface area contributed by atoms with E-state index in [1.807, 2.05) is 12.1 Å². The molecule has 0 radical (unpaired) electrons. The van der Waals surface area contributed by atoms with E-state index in [0.717, 1.165) is 18.9 Å². The van der Waals surface area contributed by atoms with Crippen LogP contribution >= 0.6 is 11.6 Å². The van der Waals surface area contributed by atoms with Crippen molar-refractivity contribution >= 4 is 44.9 Å². The lowest BCUT2D eigenvalue weighted by Gasteiger charge is -2.13. The van der Waals surface area contributed by atoms with Crippen LogP contribution in [-0.2, 0) is 6.54 Å². The number of benzene rings is 2. The van der Waals surface area contributed by atoms with Gasteiger partial charge in [-0.3, -0.25) is 0 Å². The Morgan fingerprint density at radius 1 is 0.875 bits per heavy atom. The number of nitrogens with zero attached hydrogens (tertiary/aromatic N) is 3. The van der Waals surface area contributed by atoms with E-state index in [9.17, 15) is 0 Å². The largest absolute Gasteiger partial charge is 0.291 e. The number of halogens is 1. The molecule has 3 nitrogen and oxygen atoms in total. The smallest absolute Gasteiger partial charge is 0.222 e. The van der Waals surface area contributed by atoms with Gasteiger partial charge in [-0.05, 0) is 18.2 Å². The van der Waals surface area contributed by atoms with Gasteiger partial charge in [0.05, 0.1) is 16.6 Å². The Hall–Kier alpha value is -2.65. The number of rotatable bonds is 1. The van der Waals surface area contributed by atoms with Crippen molar-refractivity contribution in [2.75, 3.05) is 11.4 Å². The van der Waals surface area contributed by atoms with E-state index in [0.29, 0.717) is 5.02 Å². The maximum atomic E-state index is 6.01. The molecule has 0 bridgehead atoms. The molecule has 1 aliphatic rings. The van der Waals surface area contributed by atoms with Crippen LogP contribution in [0.5, 0.6) is 0 Å². The molecule has 4 aromatic rings. The van der Waals surface area contributed by atoms with Crippen molar-refractivity contribution in [1.29, 1.82) is 0 Å². The van der Waals surface area contributed by atoms with Gasteiger partial charge in [0.1, 0.15) is 18.6 Å². The zero-order valence-electron chi connectivity index (χ0n) is 13.0. The highest BCUT2D eigenvalue weighted by Gasteiger charge is 2.34. The molecule has 3 heterocycles. The maximum Gasteiger partial charge on any atom is 0.291 e. The minimum absolute atomic E-state index is 0.661. The third kappa shape index (κ3) is 1.91. The van der Waals surface area contributed by atoms with Crippen molar-refractivity contribution in [3.63, 3.8) is 0 Å². The van der Waals surface area contributed by atoms with E-state index >= 15 is 0 Å². The molecule has 0 aliphatic carbocycles. The zero-order chi connectivity index (χ0) is 16.1. The van der Waals surface area contributed by atoms with Crippen LogP contribution in [-0.4, -0.2) is 11.5 Å². The number of pyridine rings is 2. The van der Waals surface area contributed by atoms with Crippen molar-refractivity contribution in [2.24, 2.45) is 0 Å². The number of para-hydroxylation sites is 1. The summed E-state index contributed by atoms with van der Waals surface area (Å²) in [7, 11) is 0. The van der Waals surface area contributed by atoms with E-state index in [1.54, 1.807) is 6.20 Å². The monoisotopic (exact) mass is 332 g/mol. The summed E-state index contributed by atoms with van der Waals surface area (Å²) < 4.78 is 2.40. The summed E-state index contributed by atoms with van der Waals surface area (Å²) in [6, 6.07) is 21.1. The SMILES string of the molecule is Clc1ccc(N2CC[n+]3c2c2ccccc2c2ccccc23)nc1. The fourth-order valence-corrected chi connectivity index (χ4v) is 3.80. The summed E-state index contributed by atoms with van der Waals surface area (Å²) in [5.41, 5.74) is 1.27. The van der Waals surface area contributed by atoms with Gasteiger partial charge in [-0.1, -0.05) is 48.0 Å². The molecule has 0 fully saturated rings. The second-order valence-corrected chi connectivity index (χ2v) is 6.46. The van der Waals surface area contributed by atoms with Crippen molar-refractivity contribution in [3.05, 3.63) is 71.9 Å². The molecule has 5 rings (SSSR count). The van der Waals surface area contributed by atoms with E-state index in [1.165, 1.54) is 27.5 Å². The summed E-state index contributed by atoms with van der Waals surface area (Å²) in [6.45, 7) is 1.86. The van der Waals surface area contributed by atoms with Gasteiger partial charge in [-0.25, -0.2) is 14.5 Å². The first-order valence-corrected chi connectivity index (χ1v) is 8.43. The van der Waals surface area contributed by atoms with E-state index in [4.69, 9.17) is 11.6 Å². The summed E-state index contributed by atoms with van der Waals surface area (Å²) in [4.78, 5) is 6.81. The predicted octanol–water partition coefficient (Wildman–Crippen LogP) is 4.48. The molecule has 2 aromatic heterocycles. The summed E-state index contributed by atoms with van der Waals surface area (Å²) in [6.07, 6.45) is 1.71. The fourth-order valence-electron chi connectivity index (χ4n) is 3.68. The van der Waals surface area contributed by atoms with E-state index < -0.39 is 0 Å². The van der Waals surface area contributed by atoms with Gasteiger partial charge >= 0.3 is 0 Å². The molecule has 116 valence electrons. The van der Waals surface area contributed by atoms with Crippen LogP contribution in [0.15, 0.2) is 66.9 Å². The van der Waals surface area contributed by atoms with Gasteiger partial charge in [0, 0.05) is 16.8 Å². The first-order valence-electron chi connectivity index (χ1n) is 8.05. The van der Waals surface area contributed by atoms with Crippen LogP contribution in [0.1, 0.15) is 0 Å². The van der Waals surface area contributed by atoms with Crippen molar-refractivity contribution in [1.82, 2.24) is 4.98 Å². The van der Waals surface area contributed by atoms with Gasteiger partial charge in [0.15, 0.2) is 0 Å². The second kappa shape index (κ2) is 5.18. The van der Waals surface area contributed by atoms with Crippen LogP contribution in [0.4, 0.5) is 11.6 Å². The first kappa shape index (κ1) is 13.8. The highest BCUT2D eigenvalue weighted by molar-refractivity contribution is 6.30. The average Bonchev–Trinajstić information content (AvgIpc) is 3.08. The van der Waals surface area contributed by atoms with Gasteiger partial charge in [0.2, 0.25) is 5.82 Å². The quantitative estimate of drug-likeness (QED) is 0.378. The normalized spacial score (nSPS) is 13.6. The Labute approximate surface area is 144 Å². The third-order valence-corrected chi connectivity index (χ3v) is 4.92. The molecule has 0 amide bonds. The van der Waals surface area contributed by atoms with Crippen molar-refractivity contribution in [2.45, 2.75) is 6.54 Å². The first-order chi connectivity index (χ1) is 11.8. The topological polar surface area (TPSA) is 20.0 Å². The number of hydrogen-bond acceptors (Lipinski definition) is 2. The minimum atomic E-state index is 0.661. The van der Waals surface area contributed by atoms with Crippen molar-refractivity contribution < 1.29 is 4.57 Å². The molecule has 1 aliphatic heterocycles. The second-order valence-electron chi connectivity index (χ2n) is 6.02. The van der Waals surface area contributed by atoms with Crippen LogP contribution in [0.25, 0.3) is 21.7 Å². The van der Waals surface area contributed by atoms with Gasteiger partial charge in [-0.2, -0.15) is 0 Å². The molecule has 0 spiro atoms. The van der Waals surface area contributed by atoms with Crippen LogP contribution < -0.4 is 9.47 Å². The molecule has 2 aromatic carbocycles. The molecule has 0 unspecified atom stereocenters. The third-order valence-electron chi connectivity index (χ3n) is 4.70. The molecule has 0 atom stereocenters. The average molecular weight is 333 g/mol. The summed E-state index contributed by atoms with van der Waals surface area (Å²) in [5.74, 6) is 2.14. The van der Waals surface area contributed by atoms with E-state index in [2.05, 4.69) is 63.0 Å². The van der Waals surface area contributed by atoms with Gasteiger partial charge in [0.25, 0.3) is 5.82 Å². The Bertz CT molecular complexity index is 1070. The number of hydrogen-bond donors (Lipinski definition) is 0. The molecule has 24 heavy (non-hydrogen) atoms. The molecule has 4 heteroatoms. The maximum absolute atomic E-state index is 6.01. The summed E-state index contributed by atoms with van der Waals surface area (Å²) >= 11 is 6.01. The Morgan fingerprint density at radius 3 is 2.42 bits per heavy atom. The predicted molar refractivity (Wildman–Crippen MR) is 97.9 cm³/mol. The Morgan fingerprint density at radius 2 is 1.62 bits per heavy atom. The molecular formula is C20H15ClN3+. The fraction of sp³-hybridized carbons (Fsp3) is 0.100. The lowest BCUT2D eigenvalue weighted by Crippen LogP contribution is -2.32. The highest BCUT2D eigenvalue weighted by atomic mass is 35.5. The molecule has 0 N–H and O–H groups in total.